The molecular weight excluding hydrogens is 592 g/mol. The van der Waals surface area contributed by atoms with Crippen molar-refractivity contribution < 1.29 is 29.3 Å². The van der Waals surface area contributed by atoms with Crippen LogP contribution in [0.2, 0.25) is 0 Å². The van der Waals surface area contributed by atoms with Crippen LogP contribution in [0, 0.1) is 0 Å². The van der Waals surface area contributed by atoms with E-state index in [-0.39, 0.29) is 5.91 Å². The molecule has 2 aromatic heterocycles. The normalized spacial score (nSPS) is 12.5. The molecule has 2 atom stereocenters. The number of aliphatic hydroxyl groups is 1. The maximum atomic E-state index is 12.2. The van der Waals surface area contributed by atoms with E-state index in [9.17, 15) is 19.5 Å². The Hall–Kier alpha value is -4.74. The molecule has 0 saturated carbocycles. The van der Waals surface area contributed by atoms with Crippen molar-refractivity contribution in [2.24, 2.45) is 0 Å². The Morgan fingerprint density at radius 1 is 1.02 bits per heavy atom. The lowest BCUT2D eigenvalue weighted by Crippen LogP contribution is -2.49. The van der Waals surface area contributed by atoms with Gasteiger partial charge in [-0.2, -0.15) is 0 Å². The van der Waals surface area contributed by atoms with Crippen molar-refractivity contribution in [3.8, 4) is 38.1 Å². The van der Waals surface area contributed by atoms with Crippen LogP contribution in [0.1, 0.15) is 45.1 Å². The molecule has 236 valence electrons. The maximum Gasteiger partial charge on any atom is 0.328 e. The molecule has 2 aromatic carbocycles. The first-order chi connectivity index (χ1) is 21.7. The van der Waals surface area contributed by atoms with E-state index in [2.05, 4.69) is 22.5 Å². The number of aliphatic hydroxyl groups excluding tert-OH is 1. The van der Waals surface area contributed by atoms with E-state index in [0.717, 1.165) is 57.2 Å². The van der Waals surface area contributed by atoms with Gasteiger partial charge in [-0.1, -0.05) is 50.5 Å². The molecule has 2 amide bonds. The number of ether oxygens (including phenoxy) is 1. The Morgan fingerprint density at radius 2 is 1.76 bits per heavy atom. The summed E-state index contributed by atoms with van der Waals surface area (Å²) in [7, 11) is 0. The molecule has 0 aliphatic carbocycles. The van der Waals surface area contributed by atoms with E-state index < -0.39 is 30.6 Å². The van der Waals surface area contributed by atoms with Gasteiger partial charge in [-0.15, -0.1) is 11.3 Å². The predicted molar refractivity (Wildman–Crippen MR) is 176 cm³/mol. The lowest BCUT2D eigenvalue weighted by molar-refractivity contribution is -0.145. The van der Waals surface area contributed by atoms with Crippen LogP contribution in [0.15, 0.2) is 72.9 Å². The number of carbonyl (C=O) groups excluding carboxylic acids is 2. The Labute approximate surface area is 266 Å². The number of carboxylic acid groups (broad SMARTS) is 1. The van der Waals surface area contributed by atoms with Crippen LogP contribution in [0.3, 0.4) is 0 Å². The molecule has 45 heavy (non-hydrogen) atoms. The number of hydrogen-bond donors (Lipinski definition) is 5. The topological polar surface area (TPSA) is 154 Å². The van der Waals surface area contributed by atoms with Gasteiger partial charge in [0, 0.05) is 24.4 Å². The fourth-order valence-electron chi connectivity index (χ4n) is 4.49. The van der Waals surface area contributed by atoms with Crippen LogP contribution in [-0.2, 0) is 14.4 Å². The van der Waals surface area contributed by atoms with E-state index >= 15 is 0 Å². The molecule has 4 aromatic rings. The molecule has 0 saturated heterocycles. The number of aliphatic carboxylic acids is 1. The van der Waals surface area contributed by atoms with Gasteiger partial charge in [0.2, 0.25) is 5.91 Å². The maximum absolute atomic E-state index is 12.2. The Balaban J connectivity index is 1.46. The van der Waals surface area contributed by atoms with Crippen molar-refractivity contribution >= 4 is 35.2 Å². The molecule has 10 nitrogen and oxygen atoms in total. The number of unbranched alkanes of at least 4 members (excludes halogenated alkanes) is 3. The third kappa shape index (κ3) is 9.62. The molecule has 0 bridgehead atoms. The first kappa shape index (κ1) is 33.2. The Bertz CT molecular complexity index is 1580. The highest BCUT2D eigenvalue weighted by molar-refractivity contribution is 7.18. The monoisotopic (exact) mass is 630 g/mol. The zero-order valence-electron chi connectivity index (χ0n) is 25.3. The summed E-state index contributed by atoms with van der Waals surface area (Å²) in [5, 5.41) is 24.7. The molecule has 2 heterocycles. The van der Waals surface area contributed by atoms with E-state index in [1.54, 1.807) is 35.6 Å². The van der Waals surface area contributed by atoms with Gasteiger partial charge in [0.05, 0.1) is 22.4 Å². The minimum Gasteiger partial charge on any atom is -0.484 e. The fourth-order valence-corrected chi connectivity index (χ4v) is 5.57. The molecule has 5 N–H and O–H groups in total. The van der Waals surface area contributed by atoms with Gasteiger partial charge in [-0.25, -0.2) is 9.78 Å². The average molecular weight is 631 g/mol. The number of rotatable bonds is 16. The molecule has 0 aliphatic rings. The molecule has 11 heteroatoms. The summed E-state index contributed by atoms with van der Waals surface area (Å²) in [6, 6.07) is 17.5. The smallest absolute Gasteiger partial charge is 0.328 e. The second-order valence-corrected chi connectivity index (χ2v) is 11.5. The minimum atomic E-state index is -1.42. The van der Waals surface area contributed by atoms with Crippen molar-refractivity contribution in [3.63, 3.8) is 0 Å². The van der Waals surface area contributed by atoms with Gasteiger partial charge in [0.1, 0.15) is 10.8 Å². The van der Waals surface area contributed by atoms with Gasteiger partial charge in [0.15, 0.2) is 12.6 Å². The number of nitrogens with zero attached hydrogens (tertiary/aromatic N) is 1. The summed E-state index contributed by atoms with van der Waals surface area (Å²) in [4.78, 5) is 44.7. The lowest BCUT2D eigenvalue weighted by Gasteiger charge is -2.17. The highest BCUT2D eigenvalue weighted by Crippen LogP contribution is 2.40. The van der Waals surface area contributed by atoms with E-state index in [1.807, 2.05) is 54.7 Å². The predicted octanol–water partition coefficient (Wildman–Crippen LogP) is 5.51. The van der Waals surface area contributed by atoms with E-state index in [1.165, 1.54) is 13.3 Å². The fraction of sp³-hybridized carbons (Fsp3) is 0.294. The molecular formula is C34H38N4O6S. The summed E-state index contributed by atoms with van der Waals surface area (Å²) >= 11 is 1.56. The zero-order valence-corrected chi connectivity index (χ0v) is 26.1. The summed E-state index contributed by atoms with van der Waals surface area (Å²) in [5.41, 5.74) is 4.40. The Kier molecular flexibility index (Phi) is 12.1. The number of H-pyrrole nitrogens is 1. The first-order valence-corrected chi connectivity index (χ1v) is 15.7. The van der Waals surface area contributed by atoms with E-state index in [0.29, 0.717) is 12.3 Å². The number of hydrogen-bond acceptors (Lipinski definition) is 7. The number of carboxylic acids is 1. The van der Waals surface area contributed by atoms with Gasteiger partial charge < -0.3 is 30.6 Å². The Morgan fingerprint density at radius 3 is 2.40 bits per heavy atom. The van der Waals surface area contributed by atoms with Crippen molar-refractivity contribution in [1.29, 1.82) is 0 Å². The molecule has 0 radical (unpaired) electrons. The largest absolute Gasteiger partial charge is 0.484 e. The minimum absolute atomic E-state index is 0.104. The molecule has 0 aliphatic heterocycles. The number of thiazole rings is 1. The molecule has 4 rings (SSSR count). The van der Waals surface area contributed by atoms with E-state index in [4.69, 9.17) is 14.8 Å². The third-order valence-electron chi connectivity index (χ3n) is 6.95. The van der Waals surface area contributed by atoms with Crippen LogP contribution in [0.25, 0.3) is 38.5 Å². The average Bonchev–Trinajstić information content (AvgIpc) is 3.73. The van der Waals surface area contributed by atoms with Crippen LogP contribution in [0.5, 0.6) is 5.75 Å². The van der Waals surface area contributed by atoms with Gasteiger partial charge in [0.25, 0.3) is 5.91 Å². The summed E-state index contributed by atoms with van der Waals surface area (Å²) in [6.45, 7) is 3.72. The van der Waals surface area contributed by atoms with Crippen LogP contribution >= 0.6 is 11.3 Å². The second kappa shape index (κ2) is 16.4. The highest BCUT2D eigenvalue weighted by Gasteiger charge is 2.25. The number of nitrogens with one attached hydrogen (secondary N) is 3. The van der Waals surface area contributed by atoms with Crippen molar-refractivity contribution in [2.45, 2.75) is 51.7 Å². The summed E-state index contributed by atoms with van der Waals surface area (Å²) < 4.78 is 5.54. The summed E-state index contributed by atoms with van der Waals surface area (Å²) in [5.74, 6) is -1.68. The quantitative estimate of drug-likeness (QED) is 0.0808. The number of benzene rings is 2. The standard InChI is InChI=1S/C34H38N4O6S/c1-3-4-5-6-19-36-28(40)18-11-23-9-12-25(13-10-23)32-31(38-33(45-32)27-8-7-20-35-27)24-14-16-26(17-15-24)44-21-29(41)37-30(22(2)39)34(42)43/h7-18,20,22,30,35,39H,3-6,19,21H2,1-2H3,(H,36,40)(H,37,41)(H,42,43)/b18-11+. The van der Waals surface area contributed by atoms with Gasteiger partial charge in [-0.3, -0.25) is 9.59 Å². The molecule has 2 unspecified atom stereocenters. The number of aromatic nitrogens is 2. The third-order valence-corrected chi connectivity index (χ3v) is 8.09. The zero-order chi connectivity index (χ0) is 32.2. The van der Waals surface area contributed by atoms with Crippen LogP contribution < -0.4 is 15.4 Å². The van der Waals surface area contributed by atoms with Crippen molar-refractivity contribution in [3.05, 3.63) is 78.5 Å². The molecule has 0 fully saturated rings. The van der Waals surface area contributed by atoms with Crippen LogP contribution in [0.4, 0.5) is 0 Å². The summed E-state index contributed by atoms with van der Waals surface area (Å²) in [6.07, 6.45) is 8.39. The number of aromatic amines is 1. The number of amides is 2. The van der Waals surface area contributed by atoms with Gasteiger partial charge >= 0.3 is 5.97 Å². The number of carbonyl (C=O) groups is 3. The van der Waals surface area contributed by atoms with Crippen molar-refractivity contribution in [2.75, 3.05) is 13.2 Å². The first-order valence-electron chi connectivity index (χ1n) is 14.9. The van der Waals surface area contributed by atoms with Crippen LogP contribution in [-0.4, -0.2) is 63.3 Å². The second-order valence-electron chi connectivity index (χ2n) is 10.5. The van der Waals surface area contributed by atoms with Gasteiger partial charge in [-0.05, 0) is 66.9 Å². The highest BCUT2D eigenvalue weighted by atomic mass is 32.1. The lowest BCUT2D eigenvalue weighted by atomic mass is 10.0. The SMILES string of the molecule is CCCCCCNC(=O)/C=C/c1ccc(-c2sc(-c3ccc[nH]3)nc2-c2ccc(OCC(=O)NC(C(=O)O)C(C)O)cc2)cc1. The molecule has 0 spiro atoms. The van der Waals surface area contributed by atoms with Crippen molar-refractivity contribution in [1.82, 2.24) is 20.6 Å².